The first-order chi connectivity index (χ1) is 10.1. The number of hydrogen-bond acceptors (Lipinski definition) is 6. The standard InChI is InChI=1S/C13H15BrClN5O/c1-3-6-16-11-18-12(20-13(19-11)21-2)17-8-4-5-10(15)9(14)7-8/h4-5,7H,3,6H2,1-2H3,(H2,16,17,18,19,20). The second-order valence-electron chi connectivity index (χ2n) is 4.15. The lowest BCUT2D eigenvalue weighted by Gasteiger charge is -2.09. The Morgan fingerprint density at radius 3 is 2.67 bits per heavy atom. The van der Waals surface area contributed by atoms with Crippen LogP contribution in [0.1, 0.15) is 13.3 Å². The van der Waals surface area contributed by atoms with E-state index in [4.69, 9.17) is 16.3 Å². The highest BCUT2D eigenvalue weighted by Gasteiger charge is 2.07. The van der Waals surface area contributed by atoms with Crippen LogP contribution in [-0.4, -0.2) is 28.6 Å². The van der Waals surface area contributed by atoms with Crippen LogP contribution in [0.5, 0.6) is 6.01 Å². The molecule has 0 atom stereocenters. The van der Waals surface area contributed by atoms with Crippen molar-refractivity contribution in [1.82, 2.24) is 15.0 Å². The Morgan fingerprint density at radius 2 is 2.00 bits per heavy atom. The first-order valence-corrected chi connectivity index (χ1v) is 7.55. The van der Waals surface area contributed by atoms with Crippen LogP contribution in [0.2, 0.25) is 5.02 Å². The Morgan fingerprint density at radius 1 is 1.24 bits per heavy atom. The van der Waals surface area contributed by atoms with Crippen LogP contribution in [0.15, 0.2) is 22.7 Å². The molecule has 0 bridgehead atoms. The molecule has 6 nitrogen and oxygen atoms in total. The van der Waals surface area contributed by atoms with Crippen LogP contribution < -0.4 is 15.4 Å². The van der Waals surface area contributed by atoms with Crippen molar-refractivity contribution >= 4 is 45.1 Å². The van der Waals surface area contributed by atoms with Gasteiger partial charge in [0.05, 0.1) is 12.1 Å². The minimum absolute atomic E-state index is 0.249. The van der Waals surface area contributed by atoms with Crippen molar-refractivity contribution in [2.45, 2.75) is 13.3 Å². The van der Waals surface area contributed by atoms with Crippen molar-refractivity contribution < 1.29 is 4.74 Å². The van der Waals surface area contributed by atoms with E-state index >= 15 is 0 Å². The lowest BCUT2D eigenvalue weighted by atomic mass is 10.3. The number of benzene rings is 1. The van der Waals surface area contributed by atoms with Gasteiger partial charge in [0.1, 0.15) is 0 Å². The van der Waals surface area contributed by atoms with Crippen molar-refractivity contribution in [3.8, 4) is 6.01 Å². The Hall–Kier alpha value is -1.60. The highest BCUT2D eigenvalue weighted by molar-refractivity contribution is 9.10. The van der Waals surface area contributed by atoms with Gasteiger partial charge in [0.15, 0.2) is 0 Å². The fourth-order valence-electron chi connectivity index (χ4n) is 1.52. The number of halogens is 2. The predicted octanol–water partition coefficient (Wildman–Crippen LogP) is 3.86. The van der Waals surface area contributed by atoms with Crippen LogP contribution >= 0.6 is 27.5 Å². The molecule has 2 N–H and O–H groups in total. The second kappa shape index (κ2) is 7.42. The Kier molecular flexibility index (Phi) is 5.58. The van der Waals surface area contributed by atoms with E-state index in [9.17, 15) is 0 Å². The molecule has 0 amide bonds. The lowest BCUT2D eigenvalue weighted by Crippen LogP contribution is -2.08. The van der Waals surface area contributed by atoms with Gasteiger partial charge in [-0.15, -0.1) is 0 Å². The van der Waals surface area contributed by atoms with Crippen molar-refractivity contribution in [2.24, 2.45) is 0 Å². The third kappa shape index (κ3) is 4.44. The Balaban J connectivity index is 2.23. The van der Waals surface area contributed by atoms with Gasteiger partial charge in [-0.1, -0.05) is 18.5 Å². The largest absolute Gasteiger partial charge is 0.467 e. The highest BCUT2D eigenvalue weighted by atomic mass is 79.9. The molecule has 0 saturated heterocycles. The maximum absolute atomic E-state index is 5.97. The summed E-state index contributed by atoms with van der Waals surface area (Å²) in [5.41, 5.74) is 0.806. The minimum atomic E-state index is 0.249. The number of hydrogen-bond donors (Lipinski definition) is 2. The van der Waals surface area contributed by atoms with E-state index in [0.29, 0.717) is 16.9 Å². The van der Waals surface area contributed by atoms with E-state index in [1.165, 1.54) is 7.11 Å². The van der Waals surface area contributed by atoms with Crippen LogP contribution in [0, 0.1) is 0 Å². The quantitative estimate of drug-likeness (QED) is 0.802. The molecule has 1 aromatic carbocycles. The highest BCUT2D eigenvalue weighted by Crippen LogP contribution is 2.27. The van der Waals surface area contributed by atoms with Crippen molar-refractivity contribution in [2.75, 3.05) is 24.3 Å². The number of anilines is 3. The van der Waals surface area contributed by atoms with E-state index in [1.54, 1.807) is 6.07 Å². The number of nitrogens with zero attached hydrogens (tertiary/aromatic N) is 3. The zero-order valence-electron chi connectivity index (χ0n) is 11.7. The van der Waals surface area contributed by atoms with E-state index in [1.807, 2.05) is 12.1 Å². The number of nitrogens with one attached hydrogen (secondary N) is 2. The summed E-state index contributed by atoms with van der Waals surface area (Å²) in [6.07, 6.45) is 0.973. The summed E-state index contributed by atoms with van der Waals surface area (Å²) in [5, 5.41) is 6.83. The molecule has 2 rings (SSSR count). The molecule has 0 radical (unpaired) electrons. The summed E-state index contributed by atoms with van der Waals surface area (Å²) in [7, 11) is 1.52. The summed E-state index contributed by atoms with van der Waals surface area (Å²) >= 11 is 9.34. The maximum atomic E-state index is 5.97. The molecule has 0 unspecified atom stereocenters. The third-order valence-electron chi connectivity index (χ3n) is 2.51. The monoisotopic (exact) mass is 371 g/mol. The van der Waals surface area contributed by atoms with Crippen molar-refractivity contribution in [3.05, 3.63) is 27.7 Å². The summed E-state index contributed by atoms with van der Waals surface area (Å²) in [6, 6.07) is 5.71. The molecular weight excluding hydrogens is 358 g/mol. The molecule has 0 aliphatic rings. The summed E-state index contributed by atoms with van der Waals surface area (Å²) in [6.45, 7) is 2.84. The minimum Gasteiger partial charge on any atom is -0.467 e. The first kappa shape index (κ1) is 15.8. The second-order valence-corrected chi connectivity index (χ2v) is 5.41. The molecule has 112 valence electrons. The molecule has 21 heavy (non-hydrogen) atoms. The zero-order chi connectivity index (χ0) is 15.2. The van der Waals surface area contributed by atoms with Gasteiger partial charge >= 0.3 is 6.01 Å². The van der Waals surface area contributed by atoms with Gasteiger partial charge < -0.3 is 15.4 Å². The van der Waals surface area contributed by atoms with Crippen LogP contribution in [-0.2, 0) is 0 Å². The first-order valence-electron chi connectivity index (χ1n) is 6.38. The normalized spacial score (nSPS) is 10.3. The molecule has 0 aliphatic heterocycles. The molecular formula is C13H15BrClN5O. The van der Waals surface area contributed by atoms with Crippen LogP contribution in [0.25, 0.3) is 0 Å². The molecule has 1 aromatic heterocycles. The van der Waals surface area contributed by atoms with Gasteiger partial charge in [-0.05, 0) is 40.5 Å². The van der Waals surface area contributed by atoms with Gasteiger partial charge in [0.2, 0.25) is 11.9 Å². The number of aromatic nitrogens is 3. The van der Waals surface area contributed by atoms with E-state index in [0.717, 1.165) is 23.1 Å². The topological polar surface area (TPSA) is 72.0 Å². The van der Waals surface area contributed by atoms with E-state index in [-0.39, 0.29) is 6.01 Å². The Bertz CT molecular complexity index is 626. The van der Waals surface area contributed by atoms with Gasteiger partial charge in [0.25, 0.3) is 0 Å². The van der Waals surface area contributed by atoms with E-state index < -0.39 is 0 Å². The maximum Gasteiger partial charge on any atom is 0.322 e. The molecule has 0 saturated carbocycles. The molecule has 0 fully saturated rings. The third-order valence-corrected chi connectivity index (χ3v) is 3.72. The number of ether oxygens (including phenoxy) is 1. The molecule has 0 spiro atoms. The summed E-state index contributed by atoms with van der Waals surface area (Å²) < 4.78 is 5.87. The van der Waals surface area contributed by atoms with Gasteiger partial charge in [-0.2, -0.15) is 15.0 Å². The Labute approximate surface area is 136 Å². The molecule has 1 heterocycles. The zero-order valence-corrected chi connectivity index (χ0v) is 14.0. The van der Waals surface area contributed by atoms with Gasteiger partial charge in [-0.3, -0.25) is 0 Å². The fraction of sp³-hybridized carbons (Fsp3) is 0.308. The van der Waals surface area contributed by atoms with Crippen LogP contribution in [0.3, 0.4) is 0 Å². The lowest BCUT2D eigenvalue weighted by molar-refractivity contribution is 0.379. The fourth-order valence-corrected chi connectivity index (χ4v) is 2.02. The summed E-state index contributed by atoms with van der Waals surface area (Å²) in [4.78, 5) is 12.6. The van der Waals surface area contributed by atoms with Crippen molar-refractivity contribution in [1.29, 1.82) is 0 Å². The van der Waals surface area contributed by atoms with Gasteiger partial charge in [0, 0.05) is 16.7 Å². The van der Waals surface area contributed by atoms with Crippen molar-refractivity contribution in [3.63, 3.8) is 0 Å². The van der Waals surface area contributed by atoms with Crippen LogP contribution in [0.4, 0.5) is 17.6 Å². The smallest absolute Gasteiger partial charge is 0.322 e. The number of rotatable bonds is 6. The SMILES string of the molecule is CCCNc1nc(Nc2ccc(Cl)c(Br)c2)nc(OC)n1. The summed E-state index contributed by atoms with van der Waals surface area (Å²) in [5.74, 6) is 0.869. The number of methoxy groups -OCH3 is 1. The average Bonchev–Trinajstić information content (AvgIpc) is 2.48. The predicted molar refractivity (Wildman–Crippen MR) is 87.6 cm³/mol. The molecule has 0 aliphatic carbocycles. The molecule has 8 heteroatoms. The van der Waals surface area contributed by atoms with Gasteiger partial charge in [-0.25, -0.2) is 0 Å². The average molecular weight is 373 g/mol. The van der Waals surface area contributed by atoms with E-state index in [2.05, 4.69) is 48.4 Å². The molecule has 2 aromatic rings.